The van der Waals surface area contributed by atoms with E-state index in [1.165, 1.54) is 22.3 Å². The molecule has 0 saturated carbocycles. The number of rotatable bonds is 15. The fourth-order valence-corrected chi connectivity index (χ4v) is 13.7. The van der Waals surface area contributed by atoms with Crippen LogP contribution in [0.1, 0.15) is 23.1 Å². The Balaban J connectivity index is 0.000000119. The van der Waals surface area contributed by atoms with Crippen LogP contribution in [0, 0.1) is 0 Å². The first-order valence-electron chi connectivity index (χ1n) is 37.6. The van der Waals surface area contributed by atoms with Crippen molar-refractivity contribution in [3.63, 3.8) is 0 Å². The fraction of sp³-hybridized carbons (Fsp3) is 0.00980. The predicted octanol–water partition coefficient (Wildman–Crippen LogP) is 26.0. The highest BCUT2D eigenvalue weighted by Crippen LogP contribution is 2.39. The third kappa shape index (κ3) is 19.0. The number of halogens is 2. The monoisotopic (exact) mass is 1610 g/mol. The normalized spacial score (nSPS) is 11.4. The van der Waals surface area contributed by atoms with Gasteiger partial charge in [0.1, 0.15) is 0 Å². The van der Waals surface area contributed by atoms with Crippen molar-refractivity contribution in [1.29, 1.82) is 0 Å². The Bertz CT molecular complexity index is 5750. The number of allylic oxidation sites excluding steroid dienone is 1. The van der Waals surface area contributed by atoms with Crippen molar-refractivity contribution in [2.45, 2.75) is 6.42 Å². The van der Waals surface area contributed by atoms with Crippen molar-refractivity contribution in [2.24, 2.45) is 4.99 Å². The molecule has 1 aliphatic heterocycles. The lowest BCUT2D eigenvalue weighted by atomic mass is 9.96. The highest BCUT2D eigenvalue weighted by atomic mass is 79.9. The lowest BCUT2D eigenvalue weighted by molar-refractivity contribution is 1.18. The molecule has 0 fully saturated rings. The zero-order valence-electron chi connectivity index (χ0n) is 62.2. The zero-order chi connectivity index (χ0) is 77.8. The van der Waals surface area contributed by atoms with Gasteiger partial charge < -0.3 is 0 Å². The van der Waals surface area contributed by atoms with Crippen LogP contribution in [0.5, 0.6) is 0 Å². The average Bonchev–Trinajstić information content (AvgIpc) is 1.73. The molecule has 548 valence electrons. The third-order valence-electron chi connectivity index (χ3n) is 19.0. The van der Waals surface area contributed by atoms with E-state index in [1.807, 2.05) is 218 Å². The van der Waals surface area contributed by atoms with E-state index in [2.05, 4.69) is 228 Å². The molecule has 0 N–H and O–H groups in total. The number of benzene rings is 10. The molecule has 13 heteroatoms. The summed E-state index contributed by atoms with van der Waals surface area (Å²) in [4.78, 5) is 52.1. The van der Waals surface area contributed by atoms with Crippen LogP contribution in [0.3, 0.4) is 0 Å². The van der Waals surface area contributed by atoms with Crippen LogP contribution >= 0.6 is 31.9 Å². The molecule has 0 aliphatic carbocycles. The van der Waals surface area contributed by atoms with E-state index >= 15 is 0 Å². The first-order chi connectivity index (χ1) is 56.8. The Kier molecular flexibility index (Phi) is 23.8. The molecule has 115 heavy (non-hydrogen) atoms. The standard InChI is InChI=1S/C36H24N6.2C22H15BrN2.C22H17N/c1-5-17-37-29(9-1)33-21-27(22-34(41-33)30-10-2-6-18-38-30)25-13-15-26(16-14-25)28-23-35(31-11-3-7-19-39-31)42-36(24-28)32-12-4-8-20-40-32;23-19-13-11-17(12-14-19)21-15-20(16-7-3-1-4-8-16)24-22(25-21)18-9-5-2-6-10-18;23-19-13-11-18(12-14-19)22-24-20(16-7-3-1-4-8-16)15-21(25-22)17-9-5-2-6-10-17;1-4-10-17(11-5-1)20-16-21(18-12-6-2-7-13-18)23-22(20)19-14-8-3-9-15-19/h1-24H;2*1-15H;1-15H,16H2. The second kappa shape index (κ2) is 36.6. The summed E-state index contributed by atoms with van der Waals surface area (Å²) >= 11 is 6.97. The Morgan fingerprint density at radius 1 is 0.183 bits per heavy atom. The van der Waals surface area contributed by atoms with Gasteiger partial charge in [-0.25, -0.2) is 29.9 Å². The highest BCUT2D eigenvalue weighted by Gasteiger charge is 2.22. The molecule has 0 radical (unpaired) electrons. The van der Waals surface area contributed by atoms with E-state index in [-0.39, 0.29) is 0 Å². The highest BCUT2D eigenvalue weighted by molar-refractivity contribution is 9.10. The quantitative estimate of drug-likeness (QED) is 0.0974. The summed E-state index contributed by atoms with van der Waals surface area (Å²) < 4.78 is 2.09. The van der Waals surface area contributed by atoms with E-state index in [0.29, 0.717) is 0 Å². The number of nitrogens with zero attached hydrogens (tertiary/aromatic N) is 11. The first kappa shape index (κ1) is 74.7. The molecule has 0 saturated heterocycles. The van der Waals surface area contributed by atoms with Gasteiger partial charge >= 0.3 is 0 Å². The van der Waals surface area contributed by atoms with Crippen molar-refractivity contribution in [3.8, 4) is 136 Å². The molecule has 0 unspecified atom stereocenters. The number of aromatic nitrogens is 10. The fourth-order valence-electron chi connectivity index (χ4n) is 13.2. The lowest BCUT2D eigenvalue weighted by Gasteiger charge is -2.11. The Labute approximate surface area is 685 Å². The van der Waals surface area contributed by atoms with Gasteiger partial charge in [0.05, 0.1) is 79.7 Å². The molecule has 0 bridgehead atoms. The Hall–Kier alpha value is -14.4. The van der Waals surface area contributed by atoms with Gasteiger partial charge in [0, 0.05) is 79.1 Å². The van der Waals surface area contributed by atoms with E-state index < -0.39 is 0 Å². The average molecular weight is 1610 g/mol. The molecule has 0 spiro atoms. The Morgan fingerprint density at radius 2 is 0.443 bits per heavy atom. The largest absolute Gasteiger partial charge is 0.255 e. The van der Waals surface area contributed by atoms with Crippen LogP contribution < -0.4 is 0 Å². The summed E-state index contributed by atoms with van der Waals surface area (Å²) in [5.74, 6) is 1.47. The van der Waals surface area contributed by atoms with E-state index in [0.717, 1.165) is 162 Å². The molecular weight excluding hydrogens is 1540 g/mol. The summed E-state index contributed by atoms with van der Waals surface area (Å²) in [5, 5.41) is 0. The molecule has 1 aliphatic rings. The van der Waals surface area contributed by atoms with Gasteiger partial charge in [-0.3, -0.25) is 24.9 Å². The maximum atomic E-state index is 4.98. The van der Waals surface area contributed by atoms with E-state index in [4.69, 9.17) is 34.9 Å². The maximum Gasteiger partial charge on any atom is 0.160 e. The van der Waals surface area contributed by atoms with Crippen LogP contribution in [0.4, 0.5) is 0 Å². The Morgan fingerprint density at radius 3 is 0.765 bits per heavy atom. The van der Waals surface area contributed by atoms with Gasteiger partial charge in [0.15, 0.2) is 11.6 Å². The molecular formula is C102H71Br2N11. The van der Waals surface area contributed by atoms with Crippen LogP contribution in [0.25, 0.3) is 147 Å². The molecule has 19 rings (SSSR count). The summed E-state index contributed by atoms with van der Waals surface area (Å²) in [6, 6.07) is 133. The molecule has 10 aromatic carbocycles. The molecule has 8 aromatic heterocycles. The summed E-state index contributed by atoms with van der Waals surface area (Å²) in [6.45, 7) is 0. The van der Waals surface area contributed by atoms with Gasteiger partial charge in [-0.15, -0.1) is 0 Å². The maximum absolute atomic E-state index is 4.98. The van der Waals surface area contributed by atoms with Gasteiger partial charge in [-0.2, -0.15) is 0 Å². The molecule has 11 nitrogen and oxygen atoms in total. The molecule has 9 heterocycles. The van der Waals surface area contributed by atoms with Crippen molar-refractivity contribution in [1.82, 2.24) is 49.8 Å². The molecule has 0 atom stereocenters. The molecule has 0 amide bonds. The smallest absolute Gasteiger partial charge is 0.160 e. The van der Waals surface area contributed by atoms with Crippen molar-refractivity contribution < 1.29 is 0 Å². The SMILES string of the molecule is Brc1ccc(-c2cc(-c3ccccc3)nc(-c3ccccc3)n2)cc1.Brc1ccc(-c2nc(-c3ccccc3)cc(-c3ccccc3)n2)cc1.c1ccc(-c2cc(-c3ccc(-c4cc(-c5ccccn5)nc(-c5ccccn5)c4)cc3)cc(-c3ccccn3)n2)nc1.c1ccc(C2=NC(c3ccccc3)=C(c3ccccc3)C2)cc1. The van der Waals surface area contributed by atoms with Gasteiger partial charge in [0.2, 0.25) is 0 Å². The van der Waals surface area contributed by atoms with Crippen LogP contribution in [-0.4, -0.2) is 55.6 Å². The second-order valence-electron chi connectivity index (χ2n) is 26.8. The van der Waals surface area contributed by atoms with Gasteiger partial charge in [-0.1, -0.05) is 317 Å². The summed E-state index contributed by atoms with van der Waals surface area (Å²) in [5.41, 5.74) is 27.8. The van der Waals surface area contributed by atoms with Crippen molar-refractivity contribution in [3.05, 3.63) is 445 Å². The minimum atomic E-state index is 0.729. The minimum absolute atomic E-state index is 0.729. The van der Waals surface area contributed by atoms with Crippen LogP contribution in [0.2, 0.25) is 0 Å². The van der Waals surface area contributed by atoms with E-state index in [9.17, 15) is 0 Å². The third-order valence-corrected chi connectivity index (χ3v) is 20.1. The second-order valence-corrected chi connectivity index (χ2v) is 28.6. The number of hydrogen-bond acceptors (Lipinski definition) is 11. The van der Waals surface area contributed by atoms with Crippen molar-refractivity contribution >= 4 is 48.8 Å². The summed E-state index contributed by atoms with van der Waals surface area (Å²) in [6.07, 6.45) is 8.01. The minimum Gasteiger partial charge on any atom is -0.255 e. The lowest BCUT2D eigenvalue weighted by Crippen LogP contribution is -1.97. The zero-order valence-corrected chi connectivity index (χ0v) is 65.4. The van der Waals surface area contributed by atoms with E-state index in [1.54, 1.807) is 24.8 Å². The molecule has 18 aromatic rings. The van der Waals surface area contributed by atoms with Crippen molar-refractivity contribution in [2.75, 3.05) is 0 Å². The van der Waals surface area contributed by atoms with Crippen LogP contribution in [-0.2, 0) is 0 Å². The topological polar surface area (TPSA) is 141 Å². The number of pyridine rings is 6. The van der Waals surface area contributed by atoms with Gasteiger partial charge in [0.25, 0.3) is 0 Å². The number of hydrogen-bond donors (Lipinski definition) is 0. The first-order valence-corrected chi connectivity index (χ1v) is 39.2. The van der Waals surface area contributed by atoms with Gasteiger partial charge in [-0.05, 0) is 148 Å². The predicted molar refractivity (Wildman–Crippen MR) is 475 cm³/mol. The summed E-state index contributed by atoms with van der Waals surface area (Å²) in [7, 11) is 0. The number of aliphatic imine (C=N–C) groups is 1. The van der Waals surface area contributed by atoms with Crippen LogP contribution in [0.15, 0.2) is 433 Å².